The maximum atomic E-state index is 6.37. The second-order valence-corrected chi connectivity index (χ2v) is 5.74. The van der Waals surface area contributed by atoms with E-state index < -0.39 is 0 Å². The molecule has 3 heteroatoms. The molecule has 0 radical (unpaired) electrons. The Morgan fingerprint density at radius 3 is 2.52 bits per heavy atom. The molecule has 0 aromatic heterocycles. The molecule has 0 aliphatic carbocycles. The lowest BCUT2D eigenvalue weighted by Crippen LogP contribution is -2.17. The predicted octanol–water partition coefficient (Wildman–Crippen LogP) is 5.42. The third-order valence-electron chi connectivity index (χ3n) is 3.51. The lowest BCUT2D eigenvalue weighted by molar-refractivity contribution is 0.478. The fourth-order valence-electron chi connectivity index (χ4n) is 2.38. The van der Waals surface area contributed by atoms with E-state index in [4.69, 9.17) is 16.3 Å². The number of benzene rings is 2. The minimum atomic E-state index is 0.234. The maximum absolute atomic E-state index is 6.37. The molecule has 0 heterocycles. The van der Waals surface area contributed by atoms with Crippen molar-refractivity contribution in [3.05, 3.63) is 58.1 Å². The molecule has 1 atom stereocenters. The molecule has 2 aromatic carbocycles. The van der Waals surface area contributed by atoms with E-state index in [2.05, 4.69) is 32.2 Å². The second-order valence-electron chi connectivity index (χ2n) is 5.33. The topological polar surface area (TPSA) is 21.3 Å². The molecule has 2 aromatic rings. The molecule has 0 aliphatic heterocycles. The maximum Gasteiger partial charge on any atom is 0.130 e. The summed E-state index contributed by atoms with van der Waals surface area (Å²) >= 11 is 6.37. The zero-order valence-corrected chi connectivity index (χ0v) is 13.8. The van der Waals surface area contributed by atoms with Gasteiger partial charge in [-0.25, -0.2) is 0 Å². The van der Waals surface area contributed by atoms with Gasteiger partial charge in [0.2, 0.25) is 0 Å². The average molecular weight is 304 g/mol. The SMILES string of the molecule is CCNC(C)c1ccc(Oc2ccc(C)cc2C)cc1Cl. The van der Waals surface area contributed by atoms with Crippen LogP contribution in [-0.2, 0) is 0 Å². The van der Waals surface area contributed by atoms with Crippen molar-refractivity contribution in [3.8, 4) is 11.5 Å². The Balaban J connectivity index is 2.20. The number of rotatable bonds is 5. The molecule has 0 aliphatic rings. The minimum absolute atomic E-state index is 0.234. The lowest BCUT2D eigenvalue weighted by Gasteiger charge is -2.16. The third-order valence-corrected chi connectivity index (χ3v) is 3.83. The summed E-state index contributed by atoms with van der Waals surface area (Å²) in [5, 5.41) is 4.09. The molecule has 112 valence electrons. The Bertz CT molecular complexity index is 625. The Kier molecular flexibility index (Phi) is 5.27. The van der Waals surface area contributed by atoms with Gasteiger partial charge in [-0.2, -0.15) is 0 Å². The molecule has 0 saturated carbocycles. The molecule has 0 saturated heterocycles. The van der Waals surface area contributed by atoms with E-state index in [9.17, 15) is 0 Å². The van der Waals surface area contributed by atoms with Gasteiger partial charge < -0.3 is 10.1 Å². The van der Waals surface area contributed by atoms with Crippen molar-refractivity contribution in [2.75, 3.05) is 6.54 Å². The average Bonchev–Trinajstić information content (AvgIpc) is 2.42. The zero-order valence-electron chi connectivity index (χ0n) is 13.0. The van der Waals surface area contributed by atoms with Crippen LogP contribution in [0.2, 0.25) is 5.02 Å². The fraction of sp³-hybridized carbons (Fsp3) is 0.333. The highest BCUT2D eigenvalue weighted by atomic mass is 35.5. The van der Waals surface area contributed by atoms with E-state index in [1.165, 1.54) is 5.56 Å². The molecule has 2 nitrogen and oxygen atoms in total. The van der Waals surface area contributed by atoms with E-state index in [0.29, 0.717) is 0 Å². The molecule has 0 spiro atoms. The van der Waals surface area contributed by atoms with Crippen LogP contribution in [0.15, 0.2) is 36.4 Å². The third kappa shape index (κ3) is 3.99. The van der Waals surface area contributed by atoms with Crippen LogP contribution in [0.4, 0.5) is 0 Å². The van der Waals surface area contributed by atoms with Crippen LogP contribution in [0.3, 0.4) is 0 Å². The summed E-state index contributed by atoms with van der Waals surface area (Å²) in [7, 11) is 0. The first-order valence-electron chi connectivity index (χ1n) is 7.29. The van der Waals surface area contributed by atoms with Crippen molar-refractivity contribution in [3.63, 3.8) is 0 Å². The molecule has 0 fully saturated rings. The van der Waals surface area contributed by atoms with Gasteiger partial charge in [-0.3, -0.25) is 0 Å². The van der Waals surface area contributed by atoms with Crippen molar-refractivity contribution in [2.24, 2.45) is 0 Å². The quantitative estimate of drug-likeness (QED) is 0.796. The van der Waals surface area contributed by atoms with Crippen LogP contribution in [0.5, 0.6) is 11.5 Å². The zero-order chi connectivity index (χ0) is 15.4. The normalized spacial score (nSPS) is 12.2. The van der Waals surface area contributed by atoms with Gasteiger partial charge in [0.15, 0.2) is 0 Å². The highest BCUT2D eigenvalue weighted by Crippen LogP contribution is 2.31. The van der Waals surface area contributed by atoms with E-state index in [-0.39, 0.29) is 6.04 Å². The number of hydrogen-bond acceptors (Lipinski definition) is 2. The minimum Gasteiger partial charge on any atom is -0.457 e. The molecule has 0 bridgehead atoms. The number of ether oxygens (including phenoxy) is 1. The Morgan fingerprint density at radius 2 is 1.90 bits per heavy atom. The van der Waals surface area contributed by atoms with Gasteiger partial charge >= 0.3 is 0 Å². The van der Waals surface area contributed by atoms with Crippen LogP contribution >= 0.6 is 11.6 Å². The van der Waals surface area contributed by atoms with Gasteiger partial charge in [0.1, 0.15) is 11.5 Å². The molecular formula is C18H22ClNO. The van der Waals surface area contributed by atoms with Crippen LogP contribution in [-0.4, -0.2) is 6.54 Å². The van der Waals surface area contributed by atoms with E-state index >= 15 is 0 Å². The molecule has 21 heavy (non-hydrogen) atoms. The molecule has 0 amide bonds. The van der Waals surface area contributed by atoms with Crippen molar-refractivity contribution in [2.45, 2.75) is 33.7 Å². The highest BCUT2D eigenvalue weighted by molar-refractivity contribution is 6.31. The summed E-state index contributed by atoms with van der Waals surface area (Å²) in [6.45, 7) is 9.23. The van der Waals surface area contributed by atoms with Gasteiger partial charge in [-0.15, -0.1) is 0 Å². The van der Waals surface area contributed by atoms with Gasteiger partial charge in [-0.05, 0) is 56.6 Å². The summed E-state index contributed by atoms with van der Waals surface area (Å²) < 4.78 is 5.93. The van der Waals surface area contributed by atoms with E-state index in [0.717, 1.165) is 34.2 Å². The first-order chi connectivity index (χ1) is 10.0. The molecule has 1 unspecified atom stereocenters. The summed E-state index contributed by atoms with van der Waals surface area (Å²) in [5.41, 5.74) is 3.44. The predicted molar refractivity (Wildman–Crippen MR) is 89.5 cm³/mol. The van der Waals surface area contributed by atoms with Crippen LogP contribution < -0.4 is 10.1 Å². The van der Waals surface area contributed by atoms with Gasteiger partial charge in [0, 0.05) is 11.1 Å². The monoisotopic (exact) mass is 303 g/mol. The van der Waals surface area contributed by atoms with Crippen molar-refractivity contribution in [1.82, 2.24) is 5.32 Å². The summed E-state index contributed by atoms with van der Waals surface area (Å²) in [4.78, 5) is 0. The standard InChI is InChI=1S/C18H22ClNO/c1-5-20-14(4)16-8-7-15(11-17(16)19)21-18-9-6-12(2)10-13(18)3/h6-11,14,20H,5H2,1-4H3. The lowest BCUT2D eigenvalue weighted by atomic mass is 10.1. The van der Waals surface area contributed by atoms with Gasteiger partial charge in [0.05, 0.1) is 0 Å². The largest absolute Gasteiger partial charge is 0.457 e. The Morgan fingerprint density at radius 1 is 1.14 bits per heavy atom. The smallest absolute Gasteiger partial charge is 0.130 e. The Labute approximate surface area is 132 Å². The summed E-state index contributed by atoms with van der Waals surface area (Å²) in [6, 6.07) is 12.3. The molecular weight excluding hydrogens is 282 g/mol. The van der Waals surface area contributed by atoms with Crippen molar-refractivity contribution < 1.29 is 4.74 Å². The second kappa shape index (κ2) is 6.97. The van der Waals surface area contributed by atoms with Crippen molar-refractivity contribution >= 4 is 11.6 Å². The number of nitrogens with one attached hydrogen (secondary N) is 1. The van der Waals surface area contributed by atoms with Gasteiger partial charge in [-0.1, -0.05) is 42.3 Å². The summed E-state index contributed by atoms with van der Waals surface area (Å²) in [5.74, 6) is 1.63. The van der Waals surface area contributed by atoms with E-state index in [1.54, 1.807) is 0 Å². The van der Waals surface area contributed by atoms with Crippen LogP contribution in [0, 0.1) is 13.8 Å². The Hall–Kier alpha value is -1.51. The van der Waals surface area contributed by atoms with Crippen LogP contribution in [0.1, 0.15) is 36.6 Å². The first-order valence-corrected chi connectivity index (χ1v) is 7.67. The van der Waals surface area contributed by atoms with Gasteiger partial charge in [0.25, 0.3) is 0 Å². The summed E-state index contributed by atoms with van der Waals surface area (Å²) in [6.07, 6.45) is 0. The molecule has 2 rings (SSSR count). The highest BCUT2D eigenvalue weighted by Gasteiger charge is 2.10. The van der Waals surface area contributed by atoms with Crippen molar-refractivity contribution in [1.29, 1.82) is 0 Å². The first kappa shape index (κ1) is 15.9. The van der Waals surface area contributed by atoms with E-state index in [1.807, 2.05) is 37.3 Å². The number of aryl methyl sites for hydroxylation is 2. The fourth-order valence-corrected chi connectivity index (χ4v) is 2.71. The molecule has 1 N–H and O–H groups in total. The number of halogens is 1. The number of hydrogen-bond donors (Lipinski definition) is 1. The van der Waals surface area contributed by atoms with Crippen LogP contribution in [0.25, 0.3) is 0 Å².